The van der Waals surface area contributed by atoms with E-state index in [0.717, 1.165) is 12.1 Å². The van der Waals surface area contributed by atoms with Crippen LogP contribution in [0.4, 0.5) is 18.9 Å². The standard InChI is InChI=1S/C16H15F3N2O4/c1-23-11-7-4-8(14(24-2)15(11)25-3)16(22)21-20-10-6-5-9(17)12(18)13(10)19/h4-7,20H,1-3H3,(H,21,22). The van der Waals surface area contributed by atoms with Gasteiger partial charge in [-0.05, 0) is 24.3 Å². The largest absolute Gasteiger partial charge is 0.493 e. The Labute approximate surface area is 141 Å². The van der Waals surface area contributed by atoms with E-state index in [2.05, 4.69) is 10.9 Å². The Morgan fingerprint density at radius 3 is 2.16 bits per heavy atom. The first-order valence-electron chi connectivity index (χ1n) is 6.93. The number of amides is 1. The molecule has 2 rings (SSSR count). The van der Waals surface area contributed by atoms with Crippen molar-refractivity contribution in [3.63, 3.8) is 0 Å². The molecule has 0 aliphatic carbocycles. The number of hydrogen-bond acceptors (Lipinski definition) is 5. The fourth-order valence-electron chi connectivity index (χ4n) is 2.09. The highest BCUT2D eigenvalue weighted by Gasteiger charge is 2.21. The highest BCUT2D eigenvalue weighted by atomic mass is 19.2. The van der Waals surface area contributed by atoms with Gasteiger partial charge in [0.05, 0.1) is 32.6 Å². The zero-order valence-electron chi connectivity index (χ0n) is 13.6. The average molecular weight is 356 g/mol. The summed E-state index contributed by atoms with van der Waals surface area (Å²) in [5.41, 5.74) is 3.97. The molecule has 1 amide bonds. The van der Waals surface area contributed by atoms with Gasteiger partial charge in [-0.15, -0.1) is 0 Å². The number of carbonyl (C=O) groups excluding carboxylic acids is 1. The molecule has 0 aliphatic rings. The van der Waals surface area contributed by atoms with Gasteiger partial charge in [-0.25, -0.2) is 13.2 Å². The molecule has 0 heterocycles. The van der Waals surface area contributed by atoms with Gasteiger partial charge in [0.2, 0.25) is 5.75 Å². The van der Waals surface area contributed by atoms with Gasteiger partial charge in [-0.1, -0.05) is 0 Å². The maximum Gasteiger partial charge on any atom is 0.273 e. The SMILES string of the molecule is COc1ccc(C(=O)NNc2ccc(F)c(F)c2F)c(OC)c1OC. The molecular formula is C16H15F3N2O4. The van der Waals surface area contributed by atoms with Crippen LogP contribution in [0.3, 0.4) is 0 Å². The van der Waals surface area contributed by atoms with Gasteiger partial charge >= 0.3 is 0 Å². The van der Waals surface area contributed by atoms with E-state index in [-0.39, 0.29) is 17.1 Å². The first-order chi connectivity index (χ1) is 11.9. The molecule has 25 heavy (non-hydrogen) atoms. The van der Waals surface area contributed by atoms with Gasteiger partial charge in [0.1, 0.15) is 0 Å². The van der Waals surface area contributed by atoms with Gasteiger partial charge in [-0.2, -0.15) is 0 Å². The van der Waals surface area contributed by atoms with Crippen LogP contribution in [0, 0.1) is 17.5 Å². The van der Waals surface area contributed by atoms with Crippen LogP contribution in [0.5, 0.6) is 17.2 Å². The number of halogens is 3. The summed E-state index contributed by atoms with van der Waals surface area (Å²) in [6.45, 7) is 0. The highest BCUT2D eigenvalue weighted by Crippen LogP contribution is 2.39. The minimum absolute atomic E-state index is 0.0515. The van der Waals surface area contributed by atoms with Crippen molar-refractivity contribution in [3.8, 4) is 17.2 Å². The van der Waals surface area contributed by atoms with Crippen molar-refractivity contribution in [1.29, 1.82) is 0 Å². The summed E-state index contributed by atoms with van der Waals surface area (Å²) < 4.78 is 55.1. The fraction of sp³-hybridized carbons (Fsp3) is 0.188. The molecule has 2 aromatic carbocycles. The molecule has 0 bridgehead atoms. The van der Waals surface area contributed by atoms with E-state index >= 15 is 0 Å². The quantitative estimate of drug-likeness (QED) is 0.615. The normalized spacial score (nSPS) is 10.2. The van der Waals surface area contributed by atoms with E-state index in [1.807, 2.05) is 0 Å². The summed E-state index contributed by atoms with van der Waals surface area (Å²) in [5, 5.41) is 0. The van der Waals surface area contributed by atoms with Crippen molar-refractivity contribution in [2.24, 2.45) is 0 Å². The molecule has 0 atom stereocenters. The first kappa shape index (κ1) is 18.2. The molecule has 0 saturated heterocycles. The first-order valence-corrected chi connectivity index (χ1v) is 6.93. The summed E-state index contributed by atoms with van der Waals surface area (Å²) in [4.78, 5) is 12.3. The average Bonchev–Trinajstić information content (AvgIpc) is 2.63. The Kier molecular flexibility index (Phi) is 5.58. The number of ether oxygens (including phenoxy) is 3. The van der Waals surface area contributed by atoms with E-state index in [9.17, 15) is 18.0 Å². The monoisotopic (exact) mass is 356 g/mol. The predicted molar refractivity (Wildman–Crippen MR) is 83.5 cm³/mol. The topological polar surface area (TPSA) is 68.8 Å². The minimum atomic E-state index is -1.65. The molecule has 0 saturated carbocycles. The highest BCUT2D eigenvalue weighted by molar-refractivity contribution is 5.98. The van der Waals surface area contributed by atoms with Crippen molar-refractivity contribution < 1.29 is 32.2 Å². The van der Waals surface area contributed by atoms with Crippen molar-refractivity contribution >= 4 is 11.6 Å². The van der Waals surface area contributed by atoms with Crippen LogP contribution >= 0.6 is 0 Å². The van der Waals surface area contributed by atoms with Crippen LogP contribution in [0.2, 0.25) is 0 Å². The van der Waals surface area contributed by atoms with Crippen LogP contribution in [-0.4, -0.2) is 27.2 Å². The summed E-state index contributed by atoms with van der Waals surface area (Å²) >= 11 is 0. The van der Waals surface area contributed by atoms with Crippen LogP contribution in [0.1, 0.15) is 10.4 Å². The third-order valence-electron chi connectivity index (χ3n) is 3.29. The summed E-state index contributed by atoms with van der Waals surface area (Å²) in [7, 11) is 4.12. The second kappa shape index (κ2) is 7.65. The second-order valence-electron chi connectivity index (χ2n) is 4.68. The zero-order valence-corrected chi connectivity index (χ0v) is 13.6. The second-order valence-corrected chi connectivity index (χ2v) is 4.68. The lowest BCUT2D eigenvalue weighted by Gasteiger charge is -2.16. The molecule has 0 unspecified atom stereocenters. The molecule has 0 fully saturated rings. The molecular weight excluding hydrogens is 341 g/mol. The number of rotatable bonds is 6. The Morgan fingerprint density at radius 2 is 1.56 bits per heavy atom. The van der Waals surface area contributed by atoms with Gasteiger partial charge < -0.3 is 14.2 Å². The number of hydrazine groups is 1. The molecule has 134 valence electrons. The van der Waals surface area contributed by atoms with Gasteiger partial charge in [-0.3, -0.25) is 15.6 Å². The maximum atomic E-state index is 13.6. The summed E-state index contributed by atoms with van der Waals surface area (Å²) in [6, 6.07) is 4.55. The van der Waals surface area contributed by atoms with Crippen LogP contribution in [0.15, 0.2) is 24.3 Å². The number of carbonyl (C=O) groups is 1. The van der Waals surface area contributed by atoms with E-state index in [4.69, 9.17) is 14.2 Å². The third-order valence-corrected chi connectivity index (χ3v) is 3.29. The van der Waals surface area contributed by atoms with Crippen molar-refractivity contribution in [2.45, 2.75) is 0 Å². The fourth-order valence-corrected chi connectivity index (χ4v) is 2.09. The van der Waals surface area contributed by atoms with Gasteiger partial charge in [0, 0.05) is 0 Å². The van der Waals surface area contributed by atoms with Crippen molar-refractivity contribution in [2.75, 3.05) is 26.8 Å². The molecule has 2 aromatic rings. The molecule has 2 N–H and O–H groups in total. The summed E-state index contributed by atoms with van der Waals surface area (Å²) in [5.74, 6) is -4.54. The molecule has 6 nitrogen and oxygen atoms in total. The Morgan fingerprint density at radius 1 is 0.880 bits per heavy atom. The van der Waals surface area contributed by atoms with E-state index in [1.54, 1.807) is 0 Å². The maximum absolute atomic E-state index is 13.6. The molecule has 0 spiro atoms. The van der Waals surface area contributed by atoms with Crippen molar-refractivity contribution in [3.05, 3.63) is 47.3 Å². The van der Waals surface area contributed by atoms with E-state index in [1.165, 1.54) is 33.5 Å². The number of nitrogens with one attached hydrogen (secondary N) is 2. The Balaban J connectivity index is 2.26. The Hall–Kier alpha value is -3.10. The van der Waals surface area contributed by atoms with Crippen LogP contribution in [0.25, 0.3) is 0 Å². The number of hydrogen-bond donors (Lipinski definition) is 2. The lowest BCUT2D eigenvalue weighted by atomic mass is 10.1. The third kappa shape index (κ3) is 3.54. The molecule has 0 radical (unpaired) electrons. The Bertz CT molecular complexity index is 799. The number of anilines is 1. The summed E-state index contributed by atoms with van der Waals surface area (Å²) in [6.07, 6.45) is 0. The number of methoxy groups -OCH3 is 3. The van der Waals surface area contributed by atoms with Gasteiger partial charge in [0.25, 0.3) is 5.91 Å². The van der Waals surface area contributed by atoms with Crippen LogP contribution in [-0.2, 0) is 0 Å². The minimum Gasteiger partial charge on any atom is -0.493 e. The number of benzene rings is 2. The smallest absolute Gasteiger partial charge is 0.273 e. The molecule has 9 heteroatoms. The molecule has 0 aromatic heterocycles. The molecule has 0 aliphatic heterocycles. The zero-order chi connectivity index (χ0) is 18.6. The lowest BCUT2D eigenvalue weighted by molar-refractivity contribution is 0.0958. The van der Waals surface area contributed by atoms with E-state index < -0.39 is 29.0 Å². The van der Waals surface area contributed by atoms with Gasteiger partial charge in [0.15, 0.2) is 29.0 Å². The van der Waals surface area contributed by atoms with E-state index in [0.29, 0.717) is 5.75 Å². The predicted octanol–water partition coefficient (Wildman–Crippen LogP) is 2.89. The lowest BCUT2D eigenvalue weighted by Crippen LogP contribution is -2.30. The van der Waals surface area contributed by atoms with Crippen molar-refractivity contribution in [1.82, 2.24) is 5.43 Å². The van der Waals surface area contributed by atoms with Crippen LogP contribution < -0.4 is 25.1 Å².